The maximum atomic E-state index is 13.3. The highest BCUT2D eigenvalue weighted by Crippen LogP contribution is 2.32. The second-order valence-electron chi connectivity index (χ2n) is 9.59. The molecule has 2 atom stereocenters. The van der Waals surface area contributed by atoms with Crippen molar-refractivity contribution in [1.29, 1.82) is 0 Å². The van der Waals surface area contributed by atoms with Crippen molar-refractivity contribution >= 4 is 17.7 Å². The summed E-state index contributed by atoms with van der Waals surface area (Å²) in [5.74, 6) is 0.305. The predicted octanol–water partition coefficient (Wildman–Crippen LogP) is 2.32. The number of carbonyl (C=O) groups excluding carboxylic acids is 3. The average molecular weight is 461 g/mol. The molecule has 3 aliphatic rings. The Hall–Kier alpha value is -3.03. The lowest BCUT2D eigenvalue weighted by Gasteiger charge is -2.31. The molecule has 3 amide bonds. The van der Waals surface area contributed by atoms with E-state index in [0.29, 0.717) is 36.9 Å². The smallest absolute Gasteiger partial charge is 0.255 e. The molecule has 2 aromatic carbocycles. The van der Waals surface area contributed by atoms with Crippen molar-refractivity contribution in [2.45, 2.75) is 50.7 Å². The highest BCUT2D eigenvalue weighted by Gasteiger charge is 2.40. The van der Waals surface area contributed by atoms with Gasteiger partial charge < -0.3 is 15.5 Å². The lowest BCUT2D eigenvalue weighted by atomic mass is 9.80. The van der Waals surface area contributed by atoms with E-state index in [4.69, 9.17) is 0 Å². The van der Waals surface area contributed by atoms with Gasteiger partial charge in [-0.2, -0.15) is 0 Å². The number of nitrogens with one attached hydrogen (secondary N) is 3. The summed E-state index contributed by atoms with van der Waals surface area (Å²) in [6, 6.07) is 16.1. The van der Waals surface area contributed by atoms with E-state index < -0.39 is 6.04 Å². The van der Waals surface area contributed by atoms with Gasteiger partial charge in [0.2, 0.25) is 11.8 Å². The van der Waals surface area contributed by atoms with Gasteiger partial charge in [0, 0.05) is 31.6 Å². The Labute approximate surface area is 200 Å². The van der Waals surface area contributed by atoms with E-state index in [0.717, 1.165) is 30.8 Å². The van der Waals surface area contributed by atoms with Gasteiger partial charge in [0.1, 0.15) is 6.04 Å². The van der Waals surface area contributed by atoms with Gasteiger partial charge in [0.15, 0.2) is 0 Å². The Morgan fingerprint density at radius 2 is 1.76 bits per heavy atom. The molecule has 7 nitrogen and oxygen atoms in total. The molecule has 0 spiro atoms. The summed E-state index contributed by atoms with van der Waals surface area (Å²) in [6.45, 7) is 3.99. The van der Waals surface area contributed by atoms with E-state index in [-0.39, 0.29) is 24.1 Å². The summed E-state index contributed by atoms with van der Waals surface area (Å²) >= 11 is 0. The second-order valence-corrected chi connectivity index (χ2v) is 9.59. The van der Waals surface area contributed by atoms with Crippen molar-refractivity contribution in [3.05, 3.63) is 70.8 Å². The molecule has 3 N–H and O–H groups in total. The lowest BCUT2D eigenvalue weighted by Crippen LogP contribution is -2.52. The molecule has 2 aromatic rings. The molecule has 0 radical (unpaired) electrons. The Balaban J connectivity index is 1.28. The lowest BCUT2D eigenvalue weighted by molar-refractivity contribution is -0.136. The molecule has 7 heteroatoms. The van der Waals surface area contributed by atoms with E-state index in [9.17, 15) is 14.4 Å². The number of rotatable bonds is 7. The van der Waals surface area contributed by atoms with Gasteiger partial charge in [-0.25, -0.2) is 0 Å². The van der Waals surface area contributed by atoms with Gasteiger partial charge in [-0.1, -0.05) is 48.5 Å². The van der Waals surface area contributed by atoms with E-state index in [1.807, 2.05) is 18.2 Å². The standard InChI is InChI=1S/C27H32N4O3/c32-24-10-9-23(26(33)30-24)31-17-21-8-4-7-20(25(21)27(31)34)15-29-16-22(18-5-2-1-3-6-18)19-11-13-28-14-12-19/h1-8,19,22-23,28-29H,9-17H2,(H,30,32,33). The van der Waals surface area contributed by atoms with Crippen LogP contribution in [0, 0.1) is 5.92 Å². The minimum absolute atomic E-state index is 0.111. The van der Waals surface area contributed by atoms with E-state index in [2.05, 4.69) is 46.3 Å². The zero-order valence-corrected chi connectivity index (χ0v) is 19.4. The van der Waals surface area contributed by atoms with Gasteiger partial charge in [0.05, 0.1) is 0 Å². The first kappa shape index (κ1) is 22.7. The molecule has 0 bridgehead atoms. The molecule has 2 saturated heterocycles. The first-order chi connectivity index (χ1) is 16.6. The molecule has 5 rings (SSSR count). The van der Waals surface area contributed by atoms with Crippen LogP contribution in [0.5, 0.6) is 0 Å². The van der Waals surface area contributed by atoms with Crippen LogP contribution in [0.15, 0.2) is 48.5 Å². The normalized spacial score (nSPS) is 21.9. The Bertz CT molecular complexity index is 1060. The van der Waals surface area contributed by atoms with E-state index in [1.54, 1.807) is 4.90 Å². The van der Waals surface area contributed by atoms with E-state index in [1.165, 1.54) is 18.4 Å². The molecule has 34 heavy (non-hydrogen) atoms. The highest BCUT2D eigenvalue weighted by molar-refractivity contribution is 6.05. The first-order valence-corrected chi connectivity index (χ1v) is 12.3. The maximum Gasteiger partial charge on any atom is 0.255 e. The van der Waals surface area contributed by atoms with Crippen LogP contribution in [0.3, 0.4) is 0 Å². The largest absolute Gasteiger partial charge is 0.322 e. The summed E-state index contributed by atoms with van der Waals surface area (Å²) in [4.78, 5) is 38.9. The van der Waals surface area contributed by atoms with Crippen molar-refractivity contribution in [2.24, 2.45) is 5.92 Å². The van der Waals surface area contributed by atoms with Crippen LogP contribution in [0.2, 0.25) is 0 Å². The topological polar surface area (TPSA) is 90.5 Å². The van der Waals surface area contributed by atoms with Gasteiger partial charge in [0.25, 0.3) is 5.91 Å². The SMILES string of the molecule is O=C1CCC(N2Cc3cccc(CNCC(c4ccccc4)C4CCNCC4)c3C2=O)C(=O)N1. The fourth-order valence-corrected chi connectivity index (χ4v) is 5.70. The third-order valence-electron chi connectivity index (χ3n) is 7.50. The molecular weight excluding hydrogens is 428 g/mol. The van der Waals surface area contributed by atoms with Crippen molar-refractivity contribution < 1.29 is 14.4 Å². The summed E-state index contributed by atoms with van der Waals surface area (Å²) in [6.07, 6.45) is 2.98. The molecule has 2 unspecified atom stereocenters. The minimum Gasteiger partial charge on any atom is -0.322 e. The summed E-state index contributed by atoms with van der Waals surface area (Å²) in [5, 5.41) is 9.48. The summed E-state index contributed by atoms with van der Waals surface area (Å²) < 4.78 is 0. The molecule has 0 aliphatic carbocycles. The summed E-state index contributed by atoms with van der Waals surface area (Å²) in [5.41, 5.74) is 3.99. The van der Waals surface area contributed by atoms with Crippen LogP contribution in [-0.2, 0) is 22.7 Å². The number of imide groups is 1. The van der Waals surface area contributed by atoms with Crippen molar-refractivity contribution in [3.63, 3.8) is 0 Å². The monoisotopic (exact) mass is 460 g/mol. The average Bonchev–Trinajstić information content (AvgIpc) is 3.20. The van der Waals surface area contributed by atoms with Gasteiger partial charge in [-0.3, -0.25) is 19.7 Å². The van der Waals surface area contributed by atoms with E-state index >= 15 is 0 Å². The quantitative estimate of drug-likeness (QED) is 0.552. The van der Waals surface area contributed by atoms with Crippen molar-refractivity contribution in [3.8, 4) is 0 Å². The number of carbonyl (C=O) groups is 3. The number of fused-ring (bicyclic) bond motifs is 1. The second kappa shape index (κ2) is 10.1. The Morgan fingerprint density at radius 1 is 0.971 bits per heavy atom. The van der Waals surface area contributed by atoms with Crippen LogP contribution < -0.4 is 16.0 Å². The number of benzene rings is 2. The number of hydrogen-bond acceptors (Lipinski definition) is 5. The van der Waals surface area contributed by atoms with Gasteiger partial charge >= 0.3 is 0 Å². The van der Waals surface area contributed by atoms with Gasteiger partial charge in [-0.15, -0.1) is 0 Å². The summed E-state index contributed by atoms with van der Waals surface area (Å²) in [7, 11) is 0. The number of hydrogen-bond donors (Lipinski definition) is 3. The van der Waals surface area contributed by atoms with Crippen LogP contribution in [0.25, 0.3) is 0 Å². The van der Waals surface area contributed by atoms with Crippen molar-refractivity contribution in [2.75, 3.05) is 19.6 Å². The highest BCUT2D eigenvalue weighted by atomic mass is 16.2. The third-order valence-corrected chi connectivity index (χ3v) is 7.50. The van der Waals surface area contributed by atoms with Crippen LogP contribution in [0.1, 0.15) is 58.6 Å². The van der Waals surface area contributed by atoms with Crippen LogP contribution >= 0.6 is 0 Å². The minimum atomic E-state index is -0.583. The number of amides is 3. The molecule has 178 valence electrons. The Morgan fingerprint density at radius 3 is 2.53 bits per heavy atom. The van der Waals surface area contributed by atoms with Crippen molar-refractivity contribution in [1.82, 2.24) is 20.9 Å². The Kier molecular flexibility index (Phi) is 6.74. The molecule has 0 saturated carbocycles. The van der Waals surface area contributed by atoms with Crippen LogP contribution in [0.4, 0.5) is 0 Å². The fourth-order valence-electron chi connectivity index (χ4n) is 5.70. The first-order valence-electron chi connectivity index (χ1n) is 12.3. The number of piperidine rings is 2. The van der Waals surface area contributed by atoms with Gasteiger partial charge in [-0.05, 0) is 60.9 Å². The number of nitrogens with zero attached hydrogens (tertiary/aromatic N) is 1. The zero-order chi connectivity index (χ0) is 23.5. The molecule has 0 aromatic heterocycles. The van der Waals surface area contributed by atoms with Crippen LogP contribution in [-0.4, -0.2) is 48.3 Å². The zero-order valence-electron chi connectivity index (χ0n) is 19.4. The third kappa shape index (κ3) is 4.63. The molecular formula is C27H32N4O3. The molecule has 3 aliphatic heterocycles. The molecule has 3 heterocycles. The maximum absolute atomic E-state index is 13.3. The molecule has 2 fully saturated rings. The fraction of sp³-hybridized carbons (Fsp3) is 0.444. The predicted molar refractivity (Wildman–Crippen MR) is 129 cm³/mol.